The number of benzene rings is 1. The molecule has 0 saturated heterocycles. The highest BCUT2D eigenvalue weighted by Crippen LogP contribution is 2.31. The van der Waals surface area contributed by atoms with Gasteiger partial charge >= 0.3 is 0 Å². The lowest BCUT2D eigenvalue weighted by atomic mass is 9.79. The molecular weight excluding hydrogens is 266 g/mol. The highest BCUT2D eigenvalue weighted by molar-refractivity contribution is 5.95. The van der Waals surface area contributed by atoms with E-state index < -0.39 is 5.60 Å². The van der Waals surface area contributed by atoms with Crippen molar-refractivity contribution in [2.45, 2.75) is 44.8 Å². The summed E-state index contributed by atoms with van der Waals surface area (Å²) in [5.41, 5.74) is 0.729. The van der Waals surface area contributed by atoms with E-state index in [1.165, 1.54) is 0 Å². The van der Waals surface area contributed by atoms with Gasteiger partial charge in [0.2, 0.25) is 0 Å². The van der Waals surface area contributed by atoms with Gasteiger partial charge < -0.3 is 15.2 Å². The van der Waals surface area contributed by atoms with Gasteiger partial charge in [-0.3, -0.25) is 4.79 Å². The fourth-order valence-corrected chi connectivity index (χ4v) is 2.84. The van der Waals surface area contributed by atoms with E-state index in [1.807, 2.05) is 18.2 Å². The molecule has 1 aliphatic carbocycles. The molecule has 0 bridgehead atoms. The second-order valence-corrected chi connectivity index (χ2v) is 6.18. The number of rotatable bonds is 5. The Hall–Kier alpha value is -1.39. The molecule has 1 saturated carbocycles. The van der Waals surface area contributed by atoms with Crippen molar-refractivity contribution in [1.82, 2.24) is 5.32 Å². The van der Waals surface area contributed by atoms with E-state index in [1.54, 1.807) is 13.2 Å². The Labute approximate surface area is 126 Å². The average Bonchev–Trinajstić information content (AvgIpc) is 2.49. The molecule has 1 aromatic rings. The fraction of sp³-hybridized carbons (Fsp3) is 0.588. The Balaban J connectivity index is 1.96. The van der Waals surface area contributed by atoms with Gasteiger partial charge in [-0.15, -0.1) is 0 Å². The number of carbonyl (C=O) groups is 1. The number of nitrogens with one attached hydrogen (secondary N) is 1. The first-order chi connectivity index (χ1) is 10.0. The molecule has 1 amide bonds. The van der Waals surface area contributed by atoms with Crippen molar-refractivity contribution < 1.29 is 14.6 Å². The third kappa shape index (κ3) is 4.29. The van der Waals surface area contributed by atoms with Gasteiger partial charge in [0, 0.05) is 19.2 Å². The third-order valence-corrected chi connectivity index (χ3v) is 4.34. The number of ether oxygens (including phenoxy) is 1. The summed E-state index contributed by atoms with van der Waals surface area (Å²) in [5, 5.41) is 13.4. The molecule has 0 heterocycles. The van der Waals surface area contributed by atoms with Crippen molar-refractivity contribution in [2.75, 3.05) is 13.7 Å². The zero-order chi connectivity index (χ0) is 15.3. The van der Waals surface area contributed by atoms with Crippen molar-refractivity contribution in [2.24, 2.45) is 5.92 Å². The normalized spacial score (nSPS) is 25.6. The first-order valence-electron chi connectivity index (χ1n) is 7.61. The van der Waals surface area contributed by atoms with Gasteiger partial charge in [0.1, 0.15) is 0 Å². The first-order valence-corrected chi connectivity index (χ1v) is 7.61. The highest BCUT2D eigenvalue weighted by Gasteiger charge is 2.32. The molecule has 21 heavy (non-hydrogen) atoms. The van der Waals surface area contributed by atoms with Crippen LogP contribution in [0.3, 0.4) is 0 Å². The van der Waals surface area contributed by atoms with Crippen LogP contribution in [0.15, 0.2) is 24.3 Å². The van der Waals surface area contributed by atoms with Crippen LogP contribution >= 0.6 is 0 Å². The third-order valence-electron chi connectivity index (χ3n) is 4.34. The standard InChI is InChI=1S/C17H25NO3/c1-13-7-9-17(20,10-8-13)12-18-16(19)15-6-4-3-5-14(15)11-21-2/h3-6,13,20H,7-12H2,1-2H3,(H,18,19). The lowest BCUT2D eigenvalue weighted by molar-refractivity contribution is -0.00541. The molecule has 116 valence electrons. The molecule has 4 heteroatoms. The quantitative estimate of drug-likeness (QED) is 0.876. The lowest BCUT2D eigenvalue weighted by Crippen LogP contribution is -2.45. The molecular formula is C17H25NO3. The molecule has 0 unspecified atom stereocenters. The Morgan fingerprint density at radius 2 is 2.05 bits per heavy atom. The van der Waals surface area contributed by atoms with Gasteiger partial charge in [0.05, 0.1) is 12.2 Å². The second kappa shape index (κ2) is 7.05. The average molecular weight is 291 g/mol. The van der Waals surface area contributed by atoms with Crippen molar-refractivity contribution in [3.05, 3.63) is 35.4 Å². The van der Waals surface area contributed by atoms with Gasteiger partial charge in [-0.2, -0.15) is 0 Å². The zero-order valence-corrected chi connectivity index (χ0v) is 12.9. The largest absolute Gasteiger partial charge is 0.388 e. The van der Waals surface area contributed by atoms with E-state index in [0.29, 0.717) is 24.6 Å². The first kappa shape index (κ1) is 16.0. The molecule has 1 aromatic carbocycles. The van der Waals surface area contributed by atoms with E-state index in [4.69, 9.17) is 4.74 Å². The number of hydrogen-bond acceptors (Lipinski definition) is 3. The second-order valence-electron chi connectivity index (χ2n) is 6.18. The molecule has 4 nitrogen and oxygen atoms in total. The van der Waals surface area contributed by atoms with Crippen molar-refractivity contribution in [3.63, 3.8) is 0 Å². The number of amides is 1. The molecule has 0 spiro atoms. The molecule has 1 aliphatic rings. The summed E-state index contributed by atoms with van der Waals surface area (Å²) in [6.07, 6.45) is 3.56. The molecule has 1 fully saturated rings. The van der Waals surface area contributed by atoms with Gasteiger partial charge in [0.25, 0.3) is 5.91 Å². The SMILES string of the molecule is COCc1ccccc1C(=O)NCC1(O)CCC(C)CC1. The van der Waals surface area contributed by atoms with E-state index in [0.717, 1.165) is 31.2 Å². The van der Waals surface area contributed by atoms with Gasteiger partial charge in [-0.1, -0.05) is 25.1 Å². The van der Waals surface area contributed by atoms with Crippen LogP contribution in [-0.4, -0.2) is 30.3 Å². The number of hydrogen-bond donors (Lipinski definition) is 2. The van der Waals surface area contributed by atoms with E-state index in [2.05, 4.69) is 12.2 Å². The fourth-order valence-electron chi connectivity index (χ4n) is 2.84. The predicted octanol–water partition coefficient (Wildman–Crippen LogP) is 2.50. The Bertz CT molecular complexity index is 479. The number of methoxy groups -OCH3 is 1. The maximum atomic E-state index is 12.3. The molecule has 2 N–H and O–H groups in total. The number of aliphatic hydroxyl groups is 1. The Morgan fingerprint density at radius 1 is 1.38 bits per heavy atom. The maximum Gasteiger partial charge on any atom is 0.251 e. The van der Waals surface area contributed by atoms with Crippen LogP contribution in [0.2, 0.25) is 0 Å². The molecule has 0 atom stereocenters. The molecule has 0 radical (unpaired) electrons. The minimum absolute atomic E-state index is 0.144. The summed E-state index contributed by atoms with van der Waals surface area (Å²) >= 11 is 0. The van der Waals surface area contributed by atoms with Crippen molar-refractivity contribution in [1.29, 1.82) is 0 Å². The maximum absolute atomic E-state index is 12.3. The summed E-state index contributed by atoms with van der Waals surface area (Å²) in [5.74, 6) is 0.526. The summed E-state index contributed by atoms with van der Waals surface area (Å²) in [6.45, 7) is 2.93. The van der Waals surface area contributed by atoms with Crippen molar-refractivity contribution >= 4 is 5.91 Å². The summed E-state index contributed by atoms with van der Waals surface area (Å²) in [7, 11) is 1.61. The summed E-state index contributed by atoms with van der Waals surface area (Å²) < 4.78 is 5.12. The van der Waals surface area contributed by atoms with Crippen LogP contribution in [0.25, 0.3) is 0 Å². The number of carbonyl (C=O) groups excluding carboxylic acids is 1. The monoisotopic (exact) mass is 291 g/mol. The predicted molar refractivity (Wildman–Crippen MR) is 82.1 cm³/mol. The van der Waals surface area contributed by atoms with Crippen LogP contribution in [-0.2, 0) is 11.3 Å². The van der Waals surface area contributed by atoms with Crippen LogP contribution in [0.5, 0.6) is 0 Å². The van der Waals surface area contributed by atoms with E-state index in [-0.39, 0.29) is 5.91 Å². The Kier molecular flexibility index (Phi) is 5.37. The minimum Gasteiger partial charge on any atom is -0.388 e. The molecule has 0 aliphatic heterocycles. The molecule has 2 rings (SSSR count). The highest BCUT2D eigenvalue weighted by atomic mass is 16.5. The van der Waals surface area contributed by atoms with Crippen LogP contribution in [0.4, 0.5) is 0 Å². The molecule has 0 aromatic heterocycles. The van der Waals surface area contributed by atoms with Crippen LogP contribution < -0.4 is 5.32 Å². The van der Waals surface area contributed by atoms with Gasteiger partial charge in [0.15, 0.2) is 0 Å². The van der Waals surface area contributed by atoms with Gasteiger partial charge in [-0.05, 0) is 43.2 Å². The van der Waals surface area contributed by atoms with E-state index in [9.17, 15) is 9.90 Å². The summed E-state index contributed by atoms with van der Waals surface area (Å²) in [6, 6.07) is 7.40. The Morgan fingerprint density at radius 3 is 2.71 bits per heavy atom. The zero-order valence-electron chi connectivity index (χ0n) is 12.9. The topological polar surface area (TPSA) is 58.6 Å². The van der Waals surface area contributed by atoms with Crippen LogP contribution in [0.1, 0.15) is 48.5 Å². The van der Waals surface area contributed by atoms with E-state index >= 15 is 0 Å². The van der Waals surface area contributed by atoms with Crippen LogP contribution in [0, 0.1) is 5.92 Å². The lowest BCUT2D eigenvalue weighted by Gasteiger charge is -2.35. The smallest absolute Gasteiger partial charge is 0.251 e. The van der Waals surface area contributed by atoms with Gasteiger partial charge in [-0.25, -0.2) is 0 Å². The summed E-state index contributed by atoms with van der Waals surface area (Å²) in [4.78, 5) is 12.3. The minimum atomic E-state index is -0.752. The van der Waals surface area contributed by atoms with Crippen molar-refractivity contribution in [3.8, 4) is 0 Å².